The number of anilines is 4. The molecule has 0 atom stereocenters. The number of phenolic OH excluding ortho intramolecular Hbond substituents is 1. The van der Waals surface area contributed by atoms with Gasteiger partial charge in [-0.25, -0.2) is 44.3 Å². The molecule has 0 spiro atoms. The number of aromatic hydroxyl groups is 1. The Morgan fingerprint density at radius 3 is 0.795 bits per heavy atom. The molecule has 0 bridgehead atoms. The highest BCUT2D eigenvalue weighted by Crippen LogP contribution is 2.39. The van der Waals surface area contributed by atoms with E-state index in [0.717, 1.165) is 168 Å². The molecule has 17 nitrogen and oxygen atoms in total. The largest absolute Gasteiger partial charge is 0.508 e. The molecule has 20 rings (SSSR count). The van der Waals surface area contributed by atoms with Crippen molar-refractivity contribution in [2.75, 3.05) is 21.3 Å². The molecule has 0 radical (unpaired) electrons. The van der Waals surface area contributed by atoms with Gasteiger partial charge in [0.25, 0.3) is 0 Å². The van der Waals surface area contributed by atoms with Crippen molar-refractivity contribution in [2.24, 2.45) is 0 Å². The van der Waals surface area contributed by atoms with Crippen LogP contribution in [0, 0.1) is 5.82 Å². The minimum absolute atomic E-state index is 0.114. The fourth-order valence-electron chi connectivity index (χ4n) is 16.0. The van der Waals surface area contributed by atoms with E-state index in [2.05, 4.69) is 97.9 Å². The number of nitrogens with zero attached hydrogens (tertiary/aromatic N) is 8. The molecule has 12 aromatic carbocycles. The predicted octanol–water partition coefficient (Wildman–Crippen LogP) is 23.6. The van der Waals surface area contributed by atoms with Gasteiger partial charge in [0, 0.05) is 31.7 Å². The topological polar surface area (TPSA) is 240 Å². The summed E-state index contributed by atoms with van der Waals surface area (Å²) in [6.45, 7) is 0. The maximum absolute atomic E-state index is 13.2. The highest BCUT2D eigenvalue weighted by Gasteiger charge is 2.28. The third kappa shape index (κ3) is 23.1. The lowest BCUT2D eigenvalue weighted by molar-refractivity contribution is -0.116. The fraction of sp³-hybridized carbons (Fsp3) is 0.107. The number of halogens is 3. The van der Waals surface area contributed by atoms with Crippen LogP contribution in [0.25, 0.3) is 93.6 Å². The molecule has 648 valence electrons. The van der Waals surface area contributed by atoms with Gasteiger partial charge >= 0.3 is 0 Å². The second kappa shape index (κ2) is 42.5. The van der Waals surface area contributed by atoms with Gasteiger partial charge in [-0.15, -0.1) is 0 Å². The monoisotopic (exact) mass is 1810 g/mol. The van der Waals surface area contributed by atoms with Gasteiger partial charge in [-0.05, 0) is 191 Å². The van der Waals surface area contributed by atoms with E-state index >= 15 is 0 Å². The number of phenols is 1. The van der Waals surface area contributed by atoms with E-state index in [1.165, 1.54) is 34.4 Å². The van der Waals surface area contributed by atoms with E-state index in [0.29, 0.717) is 51.1 Å². The molecule has 0 saturated carbocycles. The second-order valence-corrected chi connectivity index (χ2v) is 33.4. The van der Waals surface area contributed by atoms with Crippen LogP contribution in [0.1, 0.15) is 112 Å². The van der Waals surface area contributed by atoms with Crippen LogP contribution < -0.4 is 21.3 Å². The van der Waals surface area contributed by atoms with Gasteiger partial charge in [0.05, 0.1) is 71.2 Å². The van der Waals surface area contributed by atoms with Gasteiger partial charge in [0.1, 0.15) is 34.3 Å². The number of fused-ring (bicyclic) bond motifs is 12. The Bertz CT molecular complexity index is 6170. The zero-order chi connectivity index (χ0) is 90.5. The first kappa shape index (κ1) is 88.3. The van der Waals surface area contributed by atoms with Gasteiger partial charge < -0.3 is 26.4 Å². The quantitative estimate of drug-likeness (QED) is 0.0478. The van der Waals surface area contributed by atoms with Gasteiger partial charge in [0.2, 0.25) is 23.6 Å². The molecule has 4 amide bonds. The average molecular weight is 1820 g/mol. The van der Waals surface area contributed by atoms with E-state index in [-0.39, 0.29) is 60.9 Å². The van der Waals surface area contributed by atoms with Gasteiger partial charge in [0.15, 0.2) is 23.3 Å². The van der Waals surface area contributed by atoms with E-state index in [1.807, 2.05) is 243 Å². The zero-order valence-electron chi connectivity index (χ0n) is 71.9. The highest BCUT2D eigenvalue weighted by molar-refractivity contribution is 9.10. The first-order chi connectivity index (χ1) is 64.6. The molecular weight excluding hydrogens is 1730 g/mol. The summed E-state index contributed by atoms with van der Waals surface area (Å²) in [5.41, 5.74) is 26.7. The van der Waals surface area contributed by atoms with Crippen LogP contribution in [0.3, 0.4) is 0 Å². The number of carbonyl (C=O) groups is 4. The van der Waals surface area contributed by atoms with Crippen LogP contribution in [0.5, 0.6) is 5.75 Å². The normalized spacial score (nSPS) is 12.3. The lowest BCUT2D eigenvalue weighted by Crippen LogP contribution is -2.19. The van der Waals surface area contributed by atoms with Crippen LogP contribution in [0.15, 0.2) is 320 Å². The first-order valence-electron chi connectivity index (χ1n) is 43.7. The summed E-state index contributed by atoms with van der Waals surface area (Å²) in [5.74, 6) is 1.08. The molecule has 0 fully saturated rings. The molecule has 20 heteroatoms. The third-order valence-electron chi connectivity index (χ3n) is 22.7. The van der Waals surface area contributed by atoms with E-state index in [4.69, 9.17) is 51.5 Å². The van der Waals surface area contributed by atoms with Crippen molar-refractivity contribution in [3.05, 3.63) is 443 Å². The summed E-state index contributed by atoms with van der Waals surface area (Å²) in [4.78, 5) is 90.4. The zero-order valence-corrected chi connectivity index (χ0v) is 74.3. The van der Waals surface area contributed by atoms with Gasteiger partial charge in [-0.1, -0.05) is 319 Å². The van der Waals surface area contributed by atoms with Crippen molar-refractivity contribution < 1.29 is 28.7 Å². The highest BCUT2D eigenvalue weighted by atomic mass is 79.9. The van der Waals surface area contributed by atoms with Gasteiger partial charge in [-0.3, -0.25) is 19.2 Å². The number of hydrogen-bond donors (Lipinski definition) is 5. The number of carbonyl (C=O) groups excluding carboxylic acids is 4. The molecule has 0 unspecified atom stereocenters. The molecule has 4 aromatic heterocycles. The smallest absolute Gasteiger partial charge is 0.230 e. The lowest BCUT2D eigenvalue weighted by atomic mass is 9.92. The van der Waals surface area contributed by atoms with Gasteiger partial charge in [-0.2, -0.15) is 0 Å². The molecule has 4 aliphatic rings. The molecular formula is C112H89BrClFN12O5. The van der Waals surface area contributed by atoms with Crippen LogP contribution >= 0.6 is 27.5 Å². The minimum Gasteiger partial charge on any atom is -0.508 e. The number of rotatable bonds is 20. The van der Waals surface area contributed by atoms with Crippen molar-refractivity contribution in [3.8, 4) is 50.8 Å². The fourth-order valence-corrected chi connectivity index (χ4v) is 16.4. The van der Waals surface area contributed by atoms with Crippen LogP contribution in [0.2, 0.25) is 5.02 Å². The maximum Gasteiger partial charge on any atom is 0.230 e. The SMILES string of the molecule is O=C(Cc1ccc(Br)cc1)Nc1nc2c(nc1/C=C/c1ccccc1)-c1ccccc1CC2.O=C(Cc1ccc(Cl)cc1)Nc1nc2c(nc1/C=C/c1ccccc1)-c1ccccc1CC2.O=C(Cc1ccc(F)cc1)Nc1nc2c(nc1/C=C/c1ccccc1)-c1ccccc1CC2.O=C(Cc1ccc(O)cc1)Nc1nc2c(nc1/C=C/c1ccccc1)-c1ccccc1CC2. The van der Waals surface area contributed by atoms with E-state index in [9.17, 15) is 28.7 Å². The van der Waals surface area contributed by atoms with Crippen molar-refractivity contribution in [2.45, 2.75) is 77.0 Å². The van der Waals surface area contributed by atoms with Crippen molar-refractivity contribution in [1.82, 2.24) is 39.9 Å². The number of hydrogen-bond acceptors (Lipinski definition) is 13. The van der Waals surface area contributed by atoms with Crippen molar-refractivity contribution in [3.63, 3.8) is 0 Å². The number of aryl methyl sites for hydroxylation is 8. The number of benzene rings is 12. The van der Waals surface area contributed by atoms with Crippen molar-refractivity contribution in [1.29, 1.82) is 0 Å². The Morgan fingerprint density at radius 2 is 0.523 bits per heavy atom. The molecule has 4 aliphatic carbocycles. The van der Waals surface area contributed by atoms with Crippen LogP contribution in [0.4, 0.5) is 27.7 Å². The summed E-state index contributed by atoms with van der Waals surface area (Å²) < 4.78 is 14.2. The number of aromatic nitrogens is 8. The Hall–Kier alpha value is -15.7. The molecule has 132 heavy (non-hydrogen) atoms. The van der Waals surface area contributed by atoms with Crippen LogP contribution in [-0.4, -0.2) is 68.6 Å². The predicted molar refractivity (Wildman–Crippen MR) is 530 cm³/mol. The Balaban J connectivity index is 0.000000123. The summed E-state index contributed by atoms with van der Waals surface area (Å²) in [7, 11) is 0. The third-order valence-corrected chi connectivity index (χ3v) is 23.5. The number of amides is 4. The van der Waals surface area contributed by atoms with Crippen molar-refractivity contribution >= 4 is 123 Å². The minimum atomic E-state index is -0.326. The Morgan fingerprint density at radius 1 is 0.288 bits per heavy atom. The lowest BCUT2D eigenvalue weighted by Gasteiger charge is -2.20. The second-order valence-electron chi connectivity index (χ2n) is 32.1. The number of nitrogens with one attached hydrogen (secondary N) is 4. The average Bonchev–Trinajstić information content (AvgIpc) is 0.787. The molecule has 0 aliphatic heterocycles. The summed E-state index contributed by atoms with van der Waals surface area (Å²) in [5, 5.41) is 22.0. The Labute approximate surface area is 778 Å². The standard InChI is InChI=1S/C28H22BrN3O.C28H22ClN3O.C28H22FN3O.C28H23N3O2/c3*29-22-14-10-20(11-15-22)18-26(33)32-28-25(16-12-19-6-2-1-3-7-19)30-27-23-9-5-4-8-21(23)13-17-24(27)31-28;32-22-14-10-20(11-15-22)18-26(33)31-28-25(16-12-19-6-2-1-3-7-19)29-27-23-9-5-4-8-21(23)13-17-24(27)30-28/h3*1-12,14-16H,13,17-18H2,(H,31,32,33);1-12,14-16,32H,13,17-18H2,(H,30,31,33)/b4*16-12+. The summed E-state index contributed by atoms with van der Waals surface area (Å²) >= 11 is 9.39. The molecule has 0 saturated heterocycles. The van der Waals surface area contributed by atoms with Crippen LogP contribution in [-0.2, 0) is 96.2 Å². The maximum atomic E-state index is 13.2. The first-order valence-corrected chi connectivity index (χ1v) is 44.9. The molecule has 16 aromatic rings. The molecule has 4 heterocycles. The Kier molecular flexibility index (Phi) is 28.4. The van der Waals surface area contributed by atoms with E-state index < -0.39 is 0 Å². The summed E-state index contributed by atoms with van der Waals surface area (Å²) in [6, 6.07) is 101. The van der Waals surface area contributed by atoms with E-state index in [1.54, 1.807) is 48.5 Å². The summed E-state index contributed by atoms with van der Waals surface area (Å²) in [6.07, 6.45) is 23.1. The molecule has 5 N–H and O–H groups in total.